The van der Waals surface area contributed by atoms with E-state index in [2.05, 4.69) is 23.8 Å². The zero-order valence-electron chi connectivity index (χ0n) is 11.7. The zero-order valence-corrected chi connectivity index (χ0v) is 12.4. The van der Waals surface area contributed by atoms with Gasteiger partial charge in [-0.15, -0.1) is 0 Å². The van der Waals surface area contributed by atoms with Crippen LogP contribution in [0.2, 0.25) is 5.15 Å². The monoisotopic (exact) mass is 288 g/mol. The summed E-state index contributed by atoms with van der Waals surface area (Å²) in [6.07, 6.45) is 0. The second-order valence-corrected chi connectivity index (χ2v) is 4.79. The molecule has 1 rings (SSSR count). The minimum absolute atomic E-state index is 0.331. The molecule has 0 aliphatic heterocycles. The number of hydrogen-bond donors (Lipinski definition) is 0. The van der Waals surface area contributed by atoms with Crippen molar-refractivity contribution in [3.05, 3.63) is 17.0 Å². The maximum atomic E-state index is 5.89. The molecular weight excluding hydrogens is 268 g/mol. The molecule has 0 spiro atoms. The number of halogens is 1. The lowest BCUT2D eigenvalue weighted by molar-refractivity contribution is 0.0800. The Bertz CT molecular complexity index is 375. The average Bonchev–Trinajstić information content (AvgIpc) is 2.35. The Kier molecular flexibility index (Phi) is 7.70. The quantitative estimate of drug-likeness (QED) is 0.516. The van der Waals surface area contributed by atoms with Gasteiger partial charge in [0.05, 0.1) is 6.61 Å². The van der Waals surface area contributed by atoms with Crippen LogP contribution in [-0.4, -0.2) is 36.4 Å². The highest BCUT2D eigenvalue weighted by Crippen LogP contribution is 2.14. The Balaban J connectivity index is 2.38. The van der Waals surface area contributed by atoms with Crippen LogP contribution >= 0.6 is 11.6 Å². The van der Waals surface area contributed by atoms with E-state index in [-0.39, 0.29) is 0 Å². The van der Waals surface area contributed by atoms with Crippen LogP contribution < -0.4 is 4.74 Å². The van der Waals surface area contributed by atoms with Crippen LogP contribution in [0, 0.1) is 5.92 Å². The van der Waals surface area contributed by atoms with Crippen molar-refractivity contribution < 1.29 is 14.2 Å². The third-order valence-electron chi connectivity index (χ3n) is 2.08. The molecule has 0 amide bonds. The molecule has 0 saturated heterocycles. The van der Waals surface area contributed by atoms with Crippen LogP contribution in [0.4, 0.5) is 0 Å². The van der Waals surface area contributed by atoms with Crippen molar-refractivity contribution in [3.63, 3.8) is 0 Å². The van der Waals surface area contributed by atoms with E-state index >= 15 is 0 Å². The molecule has 19 heavy (non-hydrogen) atoms. The summed E-state index contributed by atoms with van der Waals surface area (Å²) in [5, 5.41) is 0.350. The molecule has 0 aliphatic rings. The first kappa shape index (κ1) is 16.1. The molecule has 0 N–H and O–H groups in total. The maximum Gasteiger partial charge on any atom is 0.218 e. The smallest absolute Gasteiger partial charge is 0.218 e. The Morgan fingerprint density at radius 2 is 2.00 bits per heavy atom. The lowest BCUT2D eigenvalue weighted by atomic mass is 10.2. The van der Waals surface area contributed by atoms with E-state index in [9.17, 15) is 0 Å². The summed E-state index contributed by atoms with van der Waals surface area (Å²) in [5.41, 5.74) is 0. The molecule has 1 heterocycles. The second kappa shape index (κ2) is 9.07. The Hall–Kier alpha value is -0.910. The van der Waals surface area contributed by atoms with Crippen LogP contribution in [0.1, 0.15) is 26.6 Å². The summed E-state index contributed by atoms with van der Waals surface area (Å²) in [7, 11) is 0. The van der Waals surface area contributed by atoms with Crippen molar-refractivity contribution in [1.29, 1.82) is 0 Å². The Morgan fingerprint density at radius 3 is 2.68 bits per heavy atom. The van der Waals surface area contributed by atoms with Crippen LogP contribution in [-0.2, 0) is 16.1 Å². The molecule has 0 atom stereocenters. The summed E-state index contributed by atoms with van der Waals surface area (Å²) >= 11 is 5.89. The van der Waals surface area contributed by atoms with Gasteiger partial charge >= 0.3 is 0 Å². The van der Waals surface area contributed by atoms with E-state index in [1.54, 1.807) is 6.07 Å². The molecule has 108 valence electrons. The molecule has 0 fully saturated rings. The normalized spacial score (nSPS) is 11.0. The van der Waals surface area contributed by atoms with Gasteiger partial charge in [-0.1, -0.05) is 25.4 Å². The van der Waals surface area contributed by atoms with Crippen molar-refractivity contribution >= 4 is 11.6 Å². The third kappa shape index (κ3) is 7.30. The molecule has 5 nitrogen and oxygen atoms in total. The molecule has 0 unspecified atom stereocenters. The third-order valence-corrected chi connectivity index (χ3v) is 2.28. The van der Waals surface area contributed by atoms with Crippen molar-refractivity contribution in [2.24, 2.45) is 5.92 Å². The van der Waals surface area contributed by atoms with Gasteiger partial charge in [-0.3, -0.25) is 0 Å². The van der Waals surface area contributed by atoms with E-state index < -0.39 is 0 Å². The molecule has 0 aliphatic carbocycles. The number of nitrogens with zero attached hydrogens (tertiary/aromatic N) is 2. The fourth-order valence-corrected chi connectivity index (χ4v) is 1.49. The molecule has 0 radical (unpaired) electrons. The first-order chi connectivity index (χ1) is 9.11. The Morgan fingerprint density at radius 1 is 1.21 bits per heavy atom. The van der Waals surface area contributed by atoms with Gasteiger partial charge in [0, 0.05) is 19.3 Å². The van der Waals surface area contributed by atoms with Gasteiger partial charge in [-0.2, -0.15) is 4.98 Å². The number of rotatable bonds is 9. The highest BCUT2D eigenvalue weighted by atomic mass is 35.5. The van der Waals surface area contributed by atoms with Gasteiger partial charge in [0.1, 0.15) is 18.4 Å². The summed E-state index contributed by atoms with van der Waals surface area (Å²) in [4.78, 5) is 8.26. The van der Waals surface area contributed by atoms with Crippen LogP contribution in [0.3, 0.4) is 0 Å². The summed E-state index contributed by atoms with van der Waals surface area (Å²) in [6, 6.07) is 1.58. The van der Waals surface area contributed by atoms with Crippen molar-refractivity contribution in [2.45, 2.75) is 27.4 Å². The lowest BCUT2D eigenvalue weighted by Crippen LogP contribution is -2.11. The van der Waals surface area contributed by atoms with Gasteiger partial charge < -0.3 is 14.2 Å². The SMILES string of the molecule is CCOCc1nc(Cl)cc(OCCOCC(C)C)n1. The highest BCUT2D eigenvalue weighted by molar-refractivity contribution is 6.29. The zero-order chi connectivity index (χ0) is 14.1. The van der Waals surface area contributed by atoms with E-state index in [1.807, 2.05) is 6.92 Å². The largest absolute Gasteiger partial charge is 0.475 e. The van der Waals surface area contributed by atoms with E-state index in [0.717, 1.165) is 6.61 Å². The fraction of sp³-hybridized carbons (Fsp3) is 0.692. The number of hydrogen-bond acceptors (Lipinski definition) is 5. The van der Waals surface area contributed by atoms with E-state index in [1.165, 1.54) is 0 Å². The van der Waals surface area contributed by atoms with Gasteiger partial charge in [-0.25, -0.2) is 4.98 Å². The number of ether oxygens (including phenoxy) is 3. The van der Waals surface area contributed by atoms with Gasteiger partial charge in [0.15, 0.2) is 5.82 Å². The highest BCUT2D eigenvalue weighted by Gasteiger charge is 2.04. The summed E-state index contributed by atoms with van der Waals surface area (Å²) in [5.74, 6) is 1.49. The topological polar surface area (TPSA) is 53.5 Å². The van der Waals surface area contributed by atoms with E-state index in [4.69, 9.17) is 25.8 Å². The molecule has 1 aromatic rings. The molecule has 0 saturated carbocycles. The minimum atomic E-state index is 0.331. The van der Waals surface area contributed by atoms with Gasteiger partial charge in [0.2, 0.25) is 5.88 Å². The maximum absolute atomic E-state index is 5.89. The predicted octanol–water partition coefficient (Wildman–Crippen LogP) is 2.72. The summed E-state index contributed by atoms with van der Waals surface area (Å²) in [6.45, 7) is 8.74. The second-order valence-electron chi connectivity index (χ2n) is 4.40. The minimum Gasteiger partial charge on any atom is -0.475 e. The lowest BCUT2D eigenvalue weighted by Gasteiger charge is -2.09. The Labute approximate surface area is 119 Å². The number of aromatic nitrogens is 2. The van der Waals surface area contributed by atoms with Gasteiger partial charge in [-0.05, 0) is 12.8 Å². The van der Waals surface area contributed by atoms with Gasteiger partial charge in [0.25, 0.3) is 0 Å². The molecule has 1 aromatic heterocycles. The predicted molar refractivity (Wildman–Crippen MR) is 73.5 cm³/mol. The van der Waals surface area contributed by atoms with E-state index in [0.29, 0.717) is 49.2 Å². The molecule has 0 aromatic carbocycles. The first-order valence-corrected chi connectivity index (χ1v) is 6.81. The van der Waals surface area contributed by atoms with Crippen LogP contribution in [0.25, 0.3) is 0 Å². The molecule has 6 heteroatoms. The standard InChI is InChI=1S/C13H21ClN2O3/c1-4-17-9-12-15-11(14)7-13(16-12)19-6-5-18-8-10(2)3/h7,10H,4-6,8-9H2,1-3H3. The molecule has 0 bridgehead atoms. The van der Waals surface area contributed by atoms with Crippen molar-refractivity contribution in [1.82, 2.24) is 9.97 Å². The average molecular weight is 289 g/mol. The van der Waals surface area contributed by atoms with Crippen molar-refractivity contribution in [3.8, 4) is 5.88 Å². The van der Waals surface area contributed by atoms with Crippen molar-refractivity contribution in [2.75, 3.05) is 26.4 Å². The summed E-state index contributed by atoms with van der Waals surface area (Å²) < 4.78 is 16.1. The first-order valence-electron chi connectivity index (χ1n) is 6.43. The molecular formula is C13H21ClN2O3. The fourth-order valence-electron chi connectivity index (χ4n) is 1.30. The van der Waals surface area contributed by atoms with Crippen LogP contribution in [0.5, 0.6) is 5.88 Å². The van der Waals surface area contributed by atoms with Crippen LogP contribution in [0.15, 0.2) is 6.07 Å².